The van der Waals surface area contributed by atoms with Gasteiger partial charge in [0.15, 0.2) is 0 Å². The summed E-state index contributed by atoms with van der Waals surface area (Å²) in [5.74, 6) is -0.507. The van der Waals surface area contributed by atoms with E-state index < -0.39 is 37.3 Å². The van der Waals surface area contributed by atoms with Gasteiger partial charge in [-0.25, -0.2) is 26.6 Å². The Kier molecular flexibility index (Phi) is 11.7. The second-order valence-electron chi connectivity index (χ2n) is 10.8. The molecular formula is C29H34ClN3O7S4. The van der Waals surface area contributed by atoms with Gasteiger partial charge in [-0.3, -0.25) is 10.1 Å². The molecule has 0 aliphatic heterocycles. The number of sulfone groups is 2. The molecule has 10 nitrogen and oxygen atoms in total. The highest BCUT2D eigenvalue weighted by Crippen LogP contribution is 2.42. The predicted molar refractivity (Wildman–Crippen MR) is 178 cm³/mol. The summed E-state index contributed by atoms with van der Waals surface area (Å²) in [7, 11) is -7.21. The number of carbonyl (C=O) groups is 2. The van der Waals surface area contributed by atoms with Crippen molar-refractivity contribution in [3.05, 3.63) is 53.1 Å². The Morgan fingerprint density at radius 3 is 2.45 bits per heavy atom. The van der Waals surface area contributed by atoms with Crippen molar-refractivity contribution in [2.24, 2.45) is 4.99 Å². The van der Waals surface area contributed by atoms with Gasteiger partial charge < -0.3 is 10.1 Å². The first-order chi connectivity index (χ1) is 20.4. The number of alkyl carbamates (subject to hydrolysis) is 1. The first-order valence-corrected chi connectivity index (χ1v) is 19.2. The quantitative estimate of drug-likeness (QED) is 0.125. The van der Waals surface area contributed by atoms with Crippen LogP contribution in [-0.2, 0) is 29.2 Å². The van der Waals surface area contributed by atoms with E-state index in [1.54, 1.807) is 58.2 Å². The number of aliphatic imine (C=N–C) groups is 1. The number of aryl methyl sites for hydroxylation is 1. The number of carbonyl (C=O) groups excluding carboxylic acids is 2. The van der Waals surface area contributed by atoms with Crippen molar-refractivity contribution in [3.63, 3.8) is 0 Å². The molecule has 238 valence electrons. The van der Waals surface area contributed by atoms with Crippen LogP contribution < -0.4 is 10.6 Å². The number of anilines is 1. The number of nitrogens with one attached hydrogen (secondary N) is 2. The minimum atomic E-state index is -4.01. The first kappa shape index (κ1) is 35.6. The fourth-order valence-corrected chi connectivity index (χ4v) is 8.88. The highest BCUT2D eigenvalue weighted by atomic mass is 35.5. The van der Waals surface area contributed by atoms with Gasteiger partial charge in [0.05, 0.1) is 31.8 Å². The van der Waals surface area contributed by atoms with Crippen molar-refractivity contribution in [1.82, 2.24) is 5.32 Å². The summed E-state index contributed by atoms with van der Waals surface area (Å²) in [6.07, 6.45) is 3.49. The summed E-state index contributed by atoms with van der Waals surface area (Å²) in [4.78, 5) is 28.9. The van der Waals surface area contributed by atoms with E-state index >= 15 is 0 Å². The standard InChI is InChI=1S/C29H34ClN3O7S4/c1-18-13-20(30)15-22(33-24(34)11-8-12-43(6,36)37)26(18)19-9-7-10-21(14-19)44(38,39)23-16-25(42-27(23)41-5)31-17-32-28(35)40-29(2,3)4/h7,9-10,13-17H,8,11-12H2,1-6H3,(H,33,34)(H,31,32,35). The van der Waals surface area contributed by atoms with Crippen LogP contribution in [0.3, 0.4) is 0 Å². The zero-order chi connectivity index (χ0) is 32.9. The van der Waals surface area contributed by atoms with Crippen LogP contribution in [-0.4, -0.2) is 59.0 Å². The van der Waals surface area contributed by atoms with E-state index in [0.717, 1.165) is 23.9 Å². The lowest BCUT2D eigenvalue weighted by atomic mass is 9.98. The Hall–Kier alpha value is -2.91. The maximum Gasteiger partial charge on any atom is 0.412 e. The second kappa shape index (κ2) is 14.5. The summed E-state index contributed by atoms with van der Waals surface area (Å²) in [6.45, 7) is 6.99. The third kappa shape index (κ3) is 10.1. The summed E-state index contributed by atoms with van der Waals surface area (Å²) in [6, 6.07) is 11.1. The molecule has 3 rings (SSSR count). The molecule has 2 amide bonds. The third-order valence-electron chi connectivity index (χ3n) is 5.83. The lowest BCUT2D eigenvalue weighted by Crippen LogP contribution is -2.31. The highest BCUT2D eigenvalue weighted by molar-refractivity contribution is 8.01. The number of thioether (sulfide) groups is 1. The Morgan fingerprint density at radius 2 is 1.82 bits per heavy atom. The maximum absolute atomic E-state index is 13.9. The first-order valence-electron chi connectivity index (χ1n) is 13.2. The predicted octanol–water partition coefficient (Wildman–Crippen LogP) is 6.88. The number of hydrogen-bond acceptors (Lipinski definition) is 10. The number of thiophene rings is 1. The van der Waals surface area contributed by atoms with Crippen molar-refractivity contribution < 1.29 is 31.2 Å². The summed E-state index contributed by atoms with van der Waals surface area (Å²) in [5.41, 5.74) is 1.51. The third-order valence-corrected chi connectivity index (χ3v) is 11.3. The monoisotopic (exact) mass is 699 g/mol. The molecule has 0 radical (unpaired) electrons. The van der Waals surface area contributed by atoms with Crippen LogP contribution in [0.15, 0.2) is 61.5 Å². The Bertz CT molecular complexity index is 1800. The largest absolute Gasteiger partial charge is 0.444 e. The van der Waals surface area contributed by atoms with Crippen molar-refractivity contribution >= 4 is 83.4 Å². The van der Waals surface area contributed by atoms with Gasteiger partial charge in [-0.05, 0) is 81.8 Å². The summed E-state index contributed by atoms with van der Waals surface area (Å²) >= 11 is 8.71. The molecular weight excluding hydrogens is 666 g/mol. The number of halogens is 1. The van der Waals surface area contributed by atoms with Crippen molar-refractivity contribution in [1.29, 1.82) is 0 Å². The average molecular weight is 700 g/mol. The molecule has 0 saturated carbocycles. The minimum absolute atomic E-state index is 0.0137. The molecule has 2 aromatic carbocycles. The molecule has 15 heteroatoms. The van der Waals surface area contributed by atoms with E-state index in [1.165, 1.54) is 30.0 Å². The number of nitrogens with zero attached hydrogens (tertiary/aromatic N) is 1. The molecule has 3 aromatic rings. The van der Waals surface area contributed by atoms with Crippen LogP contribution in [0.2, 0.25) is 5.02 Å². The van der Waals surface area contributed by atoms with Crippen LogP contribution in [0.25, 0.3) is 11.1 Å². The van der Waals surface area contributed by atoms with Gasteiger partial charge in [0.25, 0.3) is 0 Å². The molecule has 0 aliphatic carbocycles. The number of ether oxygens (including phenoxy) is 1. The number of hydrogen-bond donors (Lipinski definition) is 2. The van der Waals surface area contributed by atoms with E-state index in [2.05, 4.69) is 15.6 Å². The number of amides is 2. The van der Waals surface area contributed by atoms with Crippen LogP contribution in [0.4, 0.5) is 15.5 Å². The molecule has 0 atom stereocenters. The maximum atomic E-state index is 13.9. The van der Waals surface area contributed by atoms with Gasteiger partial charge in [0.1, 0.15) is 20.4 Å². The van der Waals surface area contributed by atoms with Gasteiger partial charge in [0.2, 0.25) is 15.7 Å². The molecule has 0 spiro atoms. The van der Waals surface area contributed by atoms with E-state index in [-0.39, 0.29) is 28.4 Å². The fourth-order valence-electron chi connectivity index (χ4n) is 4.07. The molecule has 0 saturated heterocycles. The van der Waals surface area contributed by atoms with E-state index in [0.29, 0.717) is 36.6 Å². The lowest BCUT2D eigenvalue weighted by molar-refractivity contribution is -0.116. The van der Waals surface area contributed by atoms with Crippen LogP contribution in [0.5, 0.6) is 0 Å². The Labute approximate surface area is 271 Å². The molecule has 2 N–H and O–H groups in total. The van der Waals surface area contributed by atoms with Gasteiger partial charge in [-0.1, -0.05) is 23.7 Å². The van der Waals surface area contributed by atoms with Crippen molar-refractivity contribution in [2.45, 2.75) is 60.1 Å². The van der Waals surface area contributed by atoms with Crippen LogP contribution in [0.1, 0.15) is 39.2 Å². The average Bonchev–Trinajstić information content (AvgIpc) is 3.31. The normalized spacial score (nSPS) is 12.3. The zero-order valence-corrected chi connectivity index (χ0v) is 29.1. The topological polar surface area (TPSA) is 148 Å². The molecule has 1 heterocycles. The Balaban J connectivity index is 1.93. The van der Waals surface area contributed by atoms with Gasteiger partial charge >= 0.3 is 6.09 Å². The SMILES string of the molecule is CSc1sc(/N=C/NC(=O)OC(C)(C)C)cc1S(=O)(=O)c1cccc(-c2c(C)cc(Cl)cc2NC(=O)CCCS(C)(=O)=O)c1. The highest BCUT2D eigenvalue weighted by Gasteiger charge is 2.25. The van der Waals surface area contributed by atoms with E-state index in [1.807, 2.05) is 0 Å². The molecule has 0 bridgehead atoms. The molecule has 0 aliphatic rings. The van der Waals surface area contributed by atoms with Crippen molar-refractivity contribution in [2.75, 3.05) is 23.6 Å². The van der Waals surface area contributed by atoms with Gasteiger partial charge in [0, 0.05) is 23.3 Å². The molecule has 1 aromatic heterocycles. The zero-order valence-electron chi connectivity index (χ0n) is 25.1. The second-order valence-corrected chi connectivity index (χ2v) is 17.5. The molecule has 0 unspecified atom stereocenters. The lowest BCUT2D eigenvalue weighted by Gasteiger charge is -2.18. The molecule has 44 heavy (non-hydrogen) atoms. The summed E-state index contributed by atoms with van der Waals surface area (Å²) in [5, 5.41) is 5.96. The molecule has 0 fully saturated rings. The number of rotatable bonds is 11. The van der Waals surface area contributed by atoms with Crippen LogP contribution >= 0.6 is 34.7 Å². The van der Waals surface area contributed by atoms with Gasteiger partial charge in [-0.2, -0.15) is 0 Å². The van der Waals surface area contributed by atoms with Gasteiger partial charge in [-0.15, -0.1) is 23.1 Å². The van der Waals surface area contributed by atoms with E-state index in [4.69, 9.17) is 16.3 Å². The Morgan fingerprint density at radius 1 is 1.11 bits per heavy atom. The van der Waals surface area contributed by atoms with Crippen molar-refractivity contribution in [3.8, 4) is 11.1 Å². The van der Waals surface area contributed by atoms with E-state index in [9.17, 15) is 26.4 Å². The number of benzene rings is 2. The minimum Gasteiger partial charge on any atom is -0.444 e. The smallest absolute Gasteiger partial charge is 0.412 e. The fraction of sp³-hybridized carbons (Fsp3) is 0.345. The summed E-state index contributed by atoms with van der Waals surface area (Å²) < 4.78 is 56.3. The van der Waals surface area contributed by atoms with Crippen LogP contribution in [0, 0.1) is 6.92 Å².